The molecule has 29 heavy (non-hydrogen) atoms. The Morgan fingerprint density at radius 2 is 1.76 bits per heavy atom. The summed E-state index contributed by atoms with van der Waals surface area (Å²) in [7, 11) is 3.36. The number of nitrogens with zero attached hydrogens (tertiary/aromatic N) is 2. The molecule has 1 heterocycles. The van der Waals surface area contributed by atoms with E-state index < -0.39 is 0 Å². The van der Waals surface area contributed by atoms with Crippen LogP contribution in [-0.4, -0.2) is 38.3 Å². The monoisotopic (exact) mass is 394 g/mol. The van der Waals surface area contributed by atoms with Crippen molar-refractivity contribution < 1.29 is 13.9 Å². The Balaban J connectivity index is 1.41. The van der Waals surface area contributed by atoms with Gasteiger partial charge in [-0.05, 0) is 43.3 Å². The van der Waals surface area contributed by atoms with Gasteiger partial charge >= 0.3 is 0 Å². The number of hydrogen-bond acceptors (Lipinski definition) is 5. The molecule has 152 valence electrons. The van der Waals surface area contributed by atoms with Crippen LogP contribution in [0.3, 0.4) is 0 Å². The van der Waals surface area contributed by atoms with Crippen LogP contribution in [0, 0.1) is 6.92 Å². The Bertz CT molecular complexity index is 918. The minimum absolute atomic E-state index is 0.508. The lowest BCUT2D eigenvalue weighted by Crippen LogP contribution is -2.38. The predicted octanol–water partition coefficient (Wildman–Crippen LogP) is 3.40. The minimum atomic E-state index is 0.508. The number of ether oxygens (including phenoxy) is 2. The van der Waals surface area contributed by atoms with Crippen LogP contribution in [0.25, 0.3) is 11.5 Å². The Labute approximate surface area is 170 Å². The molecule has 0 saturated carbocycles. The normalized spacial score (nSPS) is 11.2. The van der Waals surface area contributed by atoms with Crippen LogP contribution in [0.4, 0.5) is 0 Å². The quantitative estimate of drug-likeness (QED) is 0.346. The van der Waals surface area contributed by atoms with Gasteiger partial charge < -0.3 is 24.5 Å². The van der Waals surface area contributed by atoms with Gasteiger partial charge in [0.05, 0.1) is 25.9 Å². The van der Waals surface area contributed by atoms with Gasteiger partial charge in [-0.1, -0.05) is 17.7 Å². The van der Waals surface area contributed by atoms with Crippen LogP contribution >= 0.6 is 0 Å². The summed E-state index contributed by atoms with van der Waals surface area (Å²) in [6.07, 6.45) is 1.66. The highest BCUT2D eigenvalue weighted by Gasteiger charge is 2.07. The molecule has 0 saturated heterocycles. The molecule has 1 aromatic heterocycles. The lowest BCUT2D eigenvalue weighted by molar-refractivity contribution is 0.321. The molecule has 0 atom stereocenters. The molecule has 0 radical (unpaired) electrons. The fraction of sp³-hybridized carbons (Fsp3) is 0.273. The number of nitrogens with one attached hydrogen (secondary N) is 2. The summed E-state index contributed by atoms with van der Waals surface area (Å²) in [6.45, 7) is 3.68. The largest absolute Gasteiger partial charge is 0.497 e. The zero-order chi connectivity index (χ0) is 20.5. The summed E-state index contributed by atoms with van der Waals surface area (Å²) in [5, 5.41) is 6.43. The van der Waals surface area contributed by atoms with Gasteiger partial charge in [-0.25, -0.2) is 4.98 Å². The van der Waals surface area contributed by atoms with Crippen molar-refractivity contribution in [2.45, 2.75) is 13.5 Å². The highest BCUT2D eigenvalue weighted by Crippen LogP contribution is 2.19. The second kappa shape index (κ2) is 10.2. The number of benzene rings is 2. The standard InChI is InChI=1S/C22H26N4O3/c1-16-4-6-17(7-5-16)21-26-18(15-29-21)14-25-22(23-2)24-12-13-28-20-10-8-19(27-3)9-11-20/h4-11,15H,12-14H2,1-3H3,(H2,23,24,25). The molecule has 0 aliphatic carbocycles. The second-order valence-electron chi connectivity index (χ2n) is 6.39. The highest BCUT2D eigenvalue weighted by atomic mass is 16.5. The molecule has 3 aromatic rings. The number of methoxy groups -OCH3 is 1. The molecule has 3 rings (SSSR count). The van der Waals surface area contributed by atoms with E-state index in [1.165, 1.54) is 5.56 Å². The van der Waals surface area contributed by atoms with Crippen LogP contribution < -0.4 is 20.1 Å². The molecule has 0 bridgehead atoms. The van der Waals surface area contributed by atoms with Crippen molar-refractivity contribution in [1.82, 2.24) is 15.6 Å². The van der Waals surface area contributed by atoms with Gasteiger partial charge in [-0.15, -0.1) is 0 Å². The van der Waals surface area contributed by atoms with Crippen LogP contribution in [0.15, 0.2) is 64.2 Å². The fourth-order valence-electron chi connectivity index (χ4n) is 2.62. The molecule has 0 spiro atoms. The first-order valence-corrected chi connectivity index (χ1v) is 9.41. The molecule has 0 amide bonds. The van der Waals surface area contributed by atoms with E-state index in [0.29, 0.717) is 31.5 Å². The SMILES string of the molecule is CN=C(NCCOc1ccc(OC)cc1)NCc1coc(-c2ccc(C)cc2)n1. The Kier molecular flexibility index (Phi) is 7.10. The number of hydrogen-bond donors (Lipinski definition) is 2. The average molecular weight is 394 g/mol. The van der Waals surface area contributed by atoms with Crippen molar-refractivity contribution in [2.24, 2.45) is 4.99 Å². The Morgan fingerprint density at radius 3 is 2.45 bits per heavy atom. The van der Waals surface area contributed by atoms with Crippen molar-refractivity contribution in [2.75, 3.05) is 27.3 Å². The molecule has 7 heteroatoms. The van der Waals surface area contributed by atoms with Gasteiger partial charge in [0.15, 0.2) is 5.96 Å². The molecular formula is C22H26N4O3. The van der Waals surface area contributed by atoms with Gasteiger partial charge in [0.1, 0.15) is 24.4 Å². The van der Waals surface area contributed by atoms with E-state index in [1.54, 1.807) is 20.4 Å². The van der Waals surface area contributed by atoms with E-state index in [9.17, 15) is 0 Å². The zero-order valence-electron chi connectivity index (χ0n) is 16.9. The molecule has 2 aromatic carbocycles. The number of aryl methyl sites for hydroxylation is 1. The number of rotatable bonds is 8. The first-order valence-electron chi connectivity index (χ1n) is 9.41. The first kappa shape index (κ1) is 20.3. The second-order valence-corrected chi connectivity index (χ2v) is 6.39. The molecule has 0 unspecified atom stereocenters. The van der Waals surface area contributed by atoms with Gasteiger partial charge in [-0.3, -0.25) is 4.99 Å². The molecule has 2 N–H and O–H groups in total. The first-order chi connectivity index (χ1) is 14.2. The molecule has 0 aliphatic rings. The zero-order valence-corrected chi connectivity index (χ0v) is 16.9. The summed E-state index contributed by atoms with van der Waals surface area (Å²) >= 11 is 0. The summed E-state index contributed by atoms with van der Waals surface area (Å²) in [6, 6.07) is 15.6. The van der Waals surface area contributed by atoms with Crippen LogP contribution in [0.1, 0.15) is 11.3 Å². The Morgan fingerprint density at radius 1 is 1.03 bits per heavy atom. The van der Waals surface area contributed by atoms with Gasteiger partial charge in [0.2, 0.25) is 5.89 Å². The average Bonchev–Trinajstić information content (AvgIpc) is 3.23. The Hall–Kier alpha value is -3.48. The summed E-state index contributed by atoms with van der Waals surface area (Å²) in [5.74, 6) is 2.88. The maximum absolute atomic E-state index is 5.70. The van der Waals surface area contributed by atoms with Crippen LogP contribution in [0.2, 0.25) is 0 Å². The number of aliphatic imine (C=N–C) groups is 1. The van der Waals surface area contributed by atoms with Crippen LogP contribution in [0.5, 0.6) is 11.5 Å². The van der Waals surface area contributed by atoms with Gasteiger partial charge in [0.25, 0.3) is 0 Å². The smallest absolute Gasteiger partial charge is 0.226 e. The fourth-order valence-corrected chi connectivity index (χ4v) is 2.62. The third-order valence-electron chi connectivity index (χ3n) is 4.23. The van der Waals surface area contributed by atoms with Crippen molar-refractivity contribution in [3.05, 3.63) is 66.1 Å². The third-order valence-corrected chi connectivity index (χ3v) is 4.23. The maximum atomic E-state index is 5.70. The number of aromatic nitrogens is 1. The lowest BCUT2D eigenvalue weighted by Gasteiger charge is -2.12. The van der Waals surface area contributed by atoms with Crippen LogP contribution in [-0.2, 0) is 6.54 Å². The minimum Gasteiger partial charge on any atom is -0.497 e. The maximum Gasteiger partial charge on any atom is 0.226 e. The van der Waals surface area contributed by atoms with Crippen molar-refractivity contribution in [3.63, 3.8) is 0 Å². The molecule has 0 fully saturated rings. The van der Waals surface area contributed by atoms with Crippen molar-refractivity contribution >= 4 is 5.96 Å². The van der Waals surface area contributed by atoms with E-state index in [0.717, 1.165) is 22.8 Å². The van der Waals surface area contributed by atoms with E-state index in [4.69, 9.17) is 13.9 Å². The van der Waals surface area contributed by atoms with E-state index in [2.05, 4.69) is 27.5 Å². The number of guanidine groups is 1. The van der Waals surface area contributed by atoms with Crippen molar-refractivity contribution in [1.29, 1.82) is 0 Å². The summed E-state index contributed by atoms with van der Waals surface area (Å²) < 4.78 is 16.4. The van der Waals surface area contributed by atoms with E-state index in [-0.39, 0.29) is 0 Å². The number of oxazole rings is 1. The highest BCUT2D eigenvalue weighted by molar-refractivity contribution is 5.79. The third kappa shape index (κ3) is 6.00. The summed E-state index contributed by atoms with van der Waals surface area (Å²) in [4.78, 5) is 8.73. The van der Waals surface area contributed by atoms with Crippen molar-refractivity contribution in [3.8, 4) is 23.0 Å². The van der Waals surface area contributed by atoms with Gasteiger partial charge in [0, 0.05) is 12.6 Å². The lowest BCUT2D eigenvalue weighted by atomic mass is 10.1. The molecule has 7 nitrogen and oxygen atoms in total. The summed E-state index contributed by atoms with van der Waals surface area (Å²) in [5.41, 5.74) is 2.96. The van der Waals surface area contributed by atoms with E-state index in [1.807, 2.05) is 48.5 Å². The molecular weight excluding hydrogens is 368 g/mol. The topological polar surface area (TPSA) is 80.9 Å². The van der Waals surface area contributed by atoms with E-state index >= 15 is 0 Å². The van der Waals surface area contributed by atoms with Gasteiger partial charge in [-0.2, -0.15) is 0 Å². The molecule has 0 aliphatic heterocycles. The predicted molar refractivity (Wildman–Crippen MR) is 113 cm³/mol.